The zero-order valence-corrected chi connectivity index (χ0v) is 17.3. The number of nitrogens with one attached hydrogen (secondary N) is 2. The van der Waals surface area contributed by atoms with Crippen molar-refractivity contribution in [2.75, 3.05) is 5.32 Å². The Bertz CT molecular complexity index is 1540. The van der Waals surface area contributed by atoms with E-state index in [0.29, 0.717) is 34.5 Å². The molecule has 10 heteroatoms. The summed E-state index contributed by atoms with van der Waals surface area (Å²) in [6.45, 7) is 1.89. The van der Waals surface area contributed by atoms with Gasteiger partial charge >= 0.3 is 0 Å². The molecule has 0 aliphatic rings. The Morgan fingerprint density at radius 2 is 1.79 bits per heavy atom. The van der Waals surface area contributed by atoms with Crippen molar-refractivity contribution in [1.82, 2.24) is 24.5 Å². The van der Waals surface area contributed by atoms with Gasteiger partial charge in [-0.1, -0.05) is 13.0 Å². The minimum Gasteiger partial charge on any atom is -0.360 e. The standard InChI is InChI=1S/C23H17F3N6O/c1-2-18(31-22-20-21(28-10-27-20)29-11-30-22)19-5-12-3-4-13(24)9-17(12)23(33)32(19)16-7-14(25)6-15(26)8-16/h3-11,18H,2H2,1H3,(H2,27,28,29,30,31)/t18-/m0/s1. The zero-order chi connectivity index (χ0) is 23.1. The molecule has 0 bridgehead atoms. The summed E-state index contributed by atoms with van der Waals surface area (Å²) in [6.07, 6.45) is 3.34. The number of benzene rings is 2. The molecular weight excluding hydrogens is 433 g/mol. The molecule has 0 amide bonds. The lowest BCUT2D eigenvalue weighted by Gasteiger charge is -2.23. The van der Waals surface area contributed by atoms with E-state index in [0.717, 1.165) is 24.3 Å². The van der Waals surface area contributed by atoms with E-state index >= 15 is 0 Å². The van der Waals surface area contributed by atoms with Crippen LogP contribution in [0.2, 0.25) is 0 Å². The average Bonchev–Trinajstić information content (AvgIpc) is 3.27. The van der Waals surface area contributed by atoms with Gasteiger partial charge < -0.3 is 10.3 Å². The third-order valence-corrected chi connectivity index (χ3v) is 5.41. The van der Waals surface area contributed by atoms with Crippen molar-refractivity contribution in [3.05, 3.63) is 88.6 Å². The van der Waals surface area contributed by atoms with E-state index < -0.39 is 29.1 Å². The Labute approximate surface area is 185 Å². The molecule has 0 radical (unpaired) electrons. The number of H-pyrrole nitrogens is 1. The van der Waals surface area contributed by atoms with Gasteiger partial charge in [-0.3, -0.25) is 9.36 Å². The Morgan fingerprint density at radius 1 is 1.00 bits per heavy atom. The lowest BCUT2D eigenvalue weighted by atomic mass is 10.0. The van der Waals surface area contributed by atoms with Gasteiger partial charge in [0.25, 0.3) is 5.56 Å². The van der Waals surface area contributed by atoms with Crippen LogP contribution in [0.1, 0.15) is 25.1 Å². The number of hydrogen-bond donors (Lipinski definition) is 2. The van der Waals surface area contributed by atoms with Crippen molar-refractivity contribution >= 4 is 27.8 Å². The number of halogens is 3. The van der Waals surface area contributed by atoms with Gasteiger partial charge in [-0.2, -0.15) is 0 Å². The third-order valence-electron chi connectivity index (χ3n) is 5.41. The third kappa shape index (κ3) is 3.69. The molecule has 0 aliphatic heterocycles. The maximum Gasteiger partial charge on any atom is 0.263 e. The maximum absolute atomic E-state index is 14.1. The Hall–Kier alpha value is -4.21. The predicted octanol–water partition coefficient (Wildman–Crippen LogP) is 4.64. The van der Waals surface area contributed by atoms with Gasteiger partial charge in [-0.05, 0) is 42.1 Å². The summed E-state index contributed by atoms with van der Waals surface area (Å²) < 4.78 is 43.2. The highest BCUT2D eigenvalue weighted by Gasteiger charge is 2.21. The van der Waals surface area contributed by atoms with Crippen LogP contribution in [0.5, 0.6) is 0 Å². The summed E-state index contributed by atoms with van der Waals surface area (Å²) in [7, 11) is 0. The highest BCUT2D eigenvalue weighted by molar-refractivity contribution is 5.84. The quantitative estimate of drug-likeness (QED) is 0.407. The van der Waals surface area contributed by atoms with Crippen LogP contribution >= 0.6 is 0 Å². The first-order valence-corrected chi connectivity index (χ1v) is 10.2. The molecule has 0 aliphatic carbocycles. The van der Waals surface area contributed by atoms with Crippen LogP contribution in [0.4, 0.5) is 19.0 Å². The molecule has 166 valence electrons. The fourth-order valence-electron chi connectivity index (χ4n) is 3.91. The van der Waals surface area contributed by atoms with Gasteiger partial charge in [0.1, 0.15) is 29.3 Å². The Morgan fingerprint density at radius 3 is 2.55 bits per heavy atom. The summed E-state index contributed by atoms with van der Waals surface area (Å²) in [4.78, 5) is 29.0. The lowest BCUT2D eigenvalue weighted by molar-refractivity contribution is 0.579. The molecule has 2 N–H and O–H groups in total. The fraction of sp³-hybridized carbons (Fsp3) is 0.130. The summed E-state index contributed by atoms with van der Waals surface area (Å²) in [5, 5.41) is 3.85. The van der Waals surface area contributed by atoms with Gasteiger partial charge in [0.2, 0.25) is 0 Å². The van der Waals surface area contributed by atoms with Crippen LogP contribution in [-0.2, 0) is 0 Å². The van der Waals surface area contributed by atoms with E-state index in [1.165, 1.54) is 29.4 Å². The first-order valence-electron chi connectivity index (χ1n) is 10.2. The zero-order valence-electron chi connectivity index (χ0n) is 17.3. The van der Waals surface area contributed by atoms with Crippen LogP contribution in [0.25, 0.3) is 27.6 Å². The molecule has 5 rings (SSSR count). The molecule has 0 spiro atoms. The van der Waals surface area contributed by atoms with E-state index in [2.05, 4.69) is 25.3 Å². The SMILES string of the molecule is CC[C@H](Nc1ncnc2[nH]cnc12)c1cc2ccc(F)cc2c(=O)n1-c1cc(F)cc(F)c1. The Kier molecular flexibility index (Phi) is 5.04. The number of anilines is 1. The van der Waals surface area contributed by atoms with Crippen LogP contribution in [0.3, 0.4) is 0 Å². The second-order valence-corrected chi connectivity index (χ2v) is 7.50. The number of fused-ring (bicyclic) bond motifs is 2. The number of aromatic amines is 1. The topological polar surface area (TPSA) is 88.5 Å². The number of aromatic nitrogens is 5. The predicted molar refractivity (Wildman–Crippen MR) is 118 cm³/mol. The first-order chi connectivity index (χ1) is 15.9. The smallest absolute Gasteiger partial charge is 0.263 e. The highest BCUT2D eigenvalue weighted by atomic mass is 19.1. The number of hydrogen-bond acceptors (Lipinski definition) is 5. The van der Waals surface area contributed by atoms with Crippen molar-refractivity contribution in [1.29, 1.82) is 0 Å². The minimum atomic E-state index is -0.836. The van der Waals surface area contributed by atoms with E-state index in [-0.39, 0.29) is 11.1 Å². The van der Waals surface area contributed by atoms with Crippen molar-refractivity contribution in [3.63, 3.8) is 0 Å². The number of imidazole rings is 1. The van der Waals surface area contributed by atoms with Gasteiger partial charge in [0.05, 0.1) is 23.4 Å². The minimum absolute atomic E-state index is 0.00786. The molecular formula is C23H17F3N6O. The monoisotopic (exact) mass is 450 g/mol. The second-order valence-electron chi connectivity index (χ2n) is 7.50. The van der Waals surface area contributed by atoms with E-state index in [1.54, 1.807) is 6.07 Å². The molecule has 5 aromatic rings. The number of rotatable bonds is 5. The molecule has 0 fully saturated rings. The van der Waals surface area contributed by atoms with Crippen molar-refractivity contribution in [2.24, 2.45) is 0 Å². The molecule has 0 unspecified atom stereocenters. The lowest BCUT2D eigenvalue weighted by Crippen LogP contribution is -2.27. The summed E-state index contributed by atoms with van der Waals surface area (Å²) in [6, 6.07) is 7.89. The molecule has 3 heterocycles. The van der Waals surface area contributed by atoms with Crippen molar-refractivity contribution < 1.29 is 13.2 Å². The molecule has 3 aromatic heterocycles. The van der Waals surface area contributed by atoms with Crippen molar-refractivity contribution in [2.45, 2.75) is 19.4 Å². The van der Waals surface area contributed by atoms with Crippen LogP contribution in [0, 0.1) is 17.5 Å². The Balaban J connectivity index is 1.75. The molecule has 0 saturated heterocycles. The molecule has 2 aromatic carbocycles. The summed E-state index contributed by atoms with van der Waals surface area (Å²) >= 11 is 0. The number of pyridine rings is 1. The van der Waals surface area contributed by atoms with Crippen LogP contribution < -0.4 is 10.9 Å². The molecule has 33 heavy (non-hydrogen) atoms. The molecule has 1 atom stereocenters. The molecule has 0 saturated carbocycles. The summed E-state index contributed by atoms with van der Waals surface area (Å²) in [5.74, 6) is -1.83. The van der Waals surface area contributed by atoms with Gasteiger partial charge in [0.15, 0.2) is 11.5 Å². The van der Waals surface area contributed by atoms with Gasteiger partial charge in [-0.15, -0.1) is 0 Å². The second kappa shape index (κ2) is 8.05. The van der Waals surface area contributed by atoms with Gasteiger partial charge in [-0.25, -0.2) is 28.1 Å². The van der Waals surface area contributed by atoms with Crippen LogP contribution in [-0.4, -0.2) is 24.5 Å². The van der Waals surface area contributed by atoms with Crippen molar-refractivity contribution in [3.8, 4) is 5.69 Å². The normalized spacial score (nSPS) is 12.4. The first kappa shape index (κ1) is 20.7. The van der Waals surface area contributed by atoms with E-state index in [4.69, 9.17) is 0 Å². The fourth-order valence-corrected chi connectivity index (χ4v) is 3.91. The molecule has 7 nitrogen and oxygen atoms in total. The largest absolute Gasteiger partial charge is 0.360 e. The van der Waals surface area contributed by atoms with Crippen LogP contribution in [0.15, 0.2) is 59.9 Å². The average molecular weight is 450 g/mol. The van der Waals surface area contributed by atoms with E-state index in [9.17, 15) is 18.0 Å². The highest BCUT2D eigenvalue weighted by Crippen LogP contribution is 2.28. The summed E-state index contributed by atoms with van der Waals surface area (Å²) in [5.41, 5.74) is 0.853. The van der Waals surface area contributed by atoms with Gasteiger partial charge in [0, 0.05) is 11.8 Å². The van der Waals surface area contributed by atoms with E-state index in [1.807, 2.05) is 6.92 Å². The number of nitrogens with zero attached hydrogens (tertiary/aromatic N) is 4. The maximum atomic E-state index is 14.1.